The second-order valence-electron chi connectivity index (χ2n) is 8.02. The maximum atomic E-state index is 13.0. The monoisotopic (exact) mass is 582 g/mol. The summed E-state index contributed by atoms with van der Waals surface area (Å²) in [5.41, 5.74) is 6.28. The number of thioether (sulfide) groups is 1. The Kier molecular flexibility index (Phi) is 7.28. The molecular formula is C20H19FN8O6S3. The number of nitrogens with zero attached hydrogens (tertiary/aromatic N) is 6. The first-order valence-corrected chi connectivity index (χ1v) is 13.5. The minimum absolute atomic E-state index is 0.0432. The van der Waals surface area contributed by atoms with Crippen LogP contribution in [0.2, 0.25) is 0 Å². The third-order valence-corrected chi connectivity index (χ3v) is 8.48. The highest BCUT2D eigenvalue weighted by Crippen LogP contribution is 2.40. The van der Waals surface area contributed by atoms with Crippen LogP contribution in [0.5, 0.6) is 0 Å². The molecule has 1 saturated heterocycles. The molecule has 0 aliphatic carbocycles. The van der Waals surface area contributed by atoms with Gasteiger partial charge in [0.05, 0.1) is 11.7 Å². The number of aliphatic carboxylic acids is 1. The van der Waals surface area contributed by atoms with Gasteiger partial charge in [0, 0.05) is 35.3 Å². The number of nitrogens with one attached hydrogen (secondary N) is 1. The lowest BCUT2D eigenvalue weighted by atomic mass is 10.0. The summed E-state index contributed by atoms with van der Waals surface area (Å²) in [6.07, 6.45) is 3.71. The van der Waals surface area contributed by atoms with Gasteiger partial charge >= 0.3 is 0 Å². The molecule has 3 N–H and O–H groups in total. The van der Waals surface area contributed by atoms with Gasteiger partial charge in [0.25, 0.3) is 18.7 Å². The number of rotatable bonds is 10. The summed E-state index contributed by atoms with van der Waals surface area (Å²) in [7, 11) is 1.60. The fourth-order valence-corrected chi connectivity index (χ4v) is 6.78. The Morgan fingerprint density at radius 2 is 2.26 bits per heavy atom. The molecule has 0 spiro atoms. The quantitative estimate of drug-likeness (QED) is 0.125. The van der Waals surface area contributed by atoms with Crippen molar-refractivity contribution in [3.05, 3.63) is 40.7 Å². The molecule has 14 nitrogen and oxygen atoms in total. The standard InChI is InChI=1S/C20H19FN8O6S3/c1-34-4-10-6-36-11-3-27(8-28(10)11)2-9-5-37-18-13(17(31)29(18)14(9)19(32)33)23-16(30)12(25-35-7-21)15-24-20(22)38-26-15/h3,6,8,13,18H,2,4-5,7H2,1H3,(H3-,22,23,24,26,30,32,33)/b25-12-/t13-,18-/m1/s1. The Morgan fingerprint density at radius 3 is 2.95 bits per heavy atom. The largest absolute Gasteiger partial charge is 0.543 e. The lowest BCUT2D eigenvalue weighted by Crippen LogP contribution is -2.71. The number of oxime groups is 1. The Labute approximate surface area is 225 Å². The summed E-state index contributed by atoms with van der Waals surface area (Å²) in [6, 6.07) is -1.07. The van der Waals surface area contributed by atoms with Crippen LogP contribution in [0.3, 0.4) is 0 Å². The van der Waals surface area contributed by atoms with Crippen molar-refractivity contribution in [2.45, 2.75) is 24.6 Å². The third kappa shape index (κ3) is 4.70. The van der Waals surface area contributed by atoms with E-state index in [1.54, 1.807) is 7.11 Å². The second-order valence-corrected chi connectivity index (χ2v) is 10.8. The predicted octanol–water partition coefficient (Wildman–Crippen LogP) is -1.38. The number of carbonyl (C=O) groups excluding carboxylic acids is 3. The normalized spacial score (nSPS) is 19.5. The number of imidazole rings is 1. The average molecular weight is 583 g/mol. The number of fused-ring (bicyclic) bond motifs is 2. The molecule has 0 unspecified atom stereocenters. The number of halogens is 1. The van der Waals surface area contributed by atoms with E-state index in [-0.39, 0.29) is 29.0 Å². The zero-order valence-corrected chi connectivity index (χ0v) is 22.0. The Hall–Kier alpha value is -3.61. The van der Waals surface area contributed by atoms with Gasteiger partial charge in [-0.2, -0.15) is 13.8 Å². The van der Waals surface area contributed by atoms with Crippen molar-refractivity contribution >= 4 is 68.1 Å². The zero-order chi connectivity index (χ0) is 27.0. The molecule has 2 aliphatic rings. The second kappa shape index (κ2) is 10.6. The number of hydrogen-bond acceptors (Lipinski definition) is 13. The van der Waals surface area contributed by atoms with Gasteiger partial charge < -0.3 is 30.5 Å². The summed E-state index contributed by atoms with van der Waals surface area (Å²) < 4.78 is 25.3. The van der Waals surface area contributed by atoms with E-state index in [2.05, 4.69) is 24.7 Å². The van der Waals surface area contributed by atoms with Crippen LogP contribution in [0, 0.1) is 0 Å². The third-order valence-electron chi connectivity index (χ3n) is 5.67. The molecule has 2 aliphatic heterocycles. The number of ether oxygens (including phenoxy) is 1. The fraction of sp³-hybridized carbons (Fsp3) is 0.350. The van der Waals surface area contributed by atoms with Crippen molar-refractivity contribution in [1.29, 1.82) is 0 Å². The van der Waals surface area contributed by atoms with Gasteiger partial charge in [-0.1, -0.05) is 16.5 Å². The predicted molar refractivity (Wildman–Crippen MR) is 131 cm³/mol. The minimum Gasteiger partial charge on any atom is -0.543 e. The molecule has 0 bridgehead atoms. The number of anilines is 1. The number of nitrogens with two attached hydrogens (primary N) is 1. The number of aromatic nitrogens is 4. The first-order valence-electron chi connectivity index (χ1n) is 10.8. The van der Waals surface area contributed by atoms with Gasteiger partial charge in [-0.3, -0.25) is 14.5 Å². The average Bonchev–Trinajstić information content (AvgIpc) is 3.59. The molecule has 5 heterocycles. The van der Waals surface area contributed by atoms with Crippen LogP contribution in [-0.2, 0) is 37.1 Å². The van der Waals surface area contributed by atoms with E-state index in [0.29, 0.717) is 12.2 Å². The maximum Gasteiger partial charge on any atom is 0.278 e. The van der Waals surface area contributed by atoms with E-state index in [1.165, 1.54) is 23.1 Å². The first-order chi connectivity index (χ1) is 18.3. The highest BCUT2D eigenvalue weighted by molar-refractivity contribution is 8.00. The molecule has 5 rings (SSSR count). The van der Waals surface area contributed by atoms with E-state index in [4.69, 9.17) is 10.5 Å². The highest BCUT2D eigenvalue weighted by atomic mass is 32.2. The molecule has 2 amide bonds. The van der Waals surface area contributed by atoms with Crippen molar-refractivity contribution in [2.75, 3.05) is 25.5 Å². The van der Waals surface area contributed by atoms with E-state index in [9.17, 15) is 23.9 Å². The highest BCUT2D eigenvalue weighted by Gasteiger charge is 2.53. The zero-order valence-electron chi connectivity index (χ0n) is 19.5. The van der Waals surface area contributed by atoms with Crippen LogP contribution in [0.1, 0.15) is 11.5 Å². The summed E-state index contributed by atoms with van der Waals surface area (Å²) in [6.45, 7) is -0.662. The number of carboxylic acids is 1. The number of amides is 2. The lowest BCUT2D eigenvalue weighted by molar-refractivity contribution is -0.687. The lowest BCUT2D eigenvalue weighted by Gasteiger charge is -2.50. The number of methoxy groups -OCH3 is 1. The fourth-order valence-electron chi connectivity index (χ4n) is 4.10. The van der Waals surface area contributed by atoms with E-state index >= 15 is 0 Å². The molecule has 3 aromatic heterocycles. The van der Waals surface area contributed by atoms with Gasteiger partial charge in [0.2, 0.25) is 22.7 Å². The Balaban J connectivity index is 1.34. The number of thiazole rings is 1. The SMILES string of the molecule is COCc1csc2c[n+](CC3=C(C(=O)[O-])N4C(=O)[C@@H](NC(=O)/C(=N\OCF)c5nsc(N)n5)[C@H]4SC3)cn12. The number of nitrogen functional groups attached to an aromatic ring is 1. The summed E-state index contributed by atoms with van der Waals surface area (Å²) in [5, 5.41) is 19.3. The van der Waals surface area contributed by atoms with Gasteiger partial charge in [-0.15, -0.1) is 11.8 Å². The molecule has 38 heavy (non-hydrogen) atoms. The molecular weight excluding hydrogens is 563 g/mol. The minimum atomic E-state index is -1.49. The van der Waals surface area contributed by atoms with Crippen LogP contribution in [-0.4, -0.2) is 73.3 Å². The molecule has 3 aromatic rings. The van der Waals surface area contributed by atoms with Crippen molar-refractivity contribution in [3.63, 3.8) is 0 Å². The van der Waals surface area contributed by atoms with Crippen molar-refractivity contribution in [1.82, 2.24) is 24.0 Å². The number of alkyl halides is 1. The Morgan fingerprint density at radius 1 is 1.45 bits per heavy atom. The summed E-state index contributed by atoms with van der Waals surface area (Å²) in [5.74, 6) is -2.97. The topological polar surface area (TPSA) is 180 Å². The van der Waals surface area contributed by atoms with Crippen molar-refractivity contribution in [2.24, 2.45) is 5.16 Å². The smallest absolute Gasteiger partial charge is 0.278 e. The number of β-lactam (4-membered cyclic amide) rings is 1. The number of carbonyl (C=O) groups is 3. The van der Waals surface area contributed by atoms with Gasteiger partial charge in [0.1, 0.15) is 36.5 Å². The molecule has 0 aromatic carbocycles. The molecule has 0 saturated carbocycles. The Bertz CT molecular complexity index is 1480. The van der Waals surface area contributed by atoms with Crippen LogP contribution < -0.4 is 20.7 Å². The van der Waals surface area contributed by atoms with Gasteiger partial charge in [0.15, 0.2) is 5.13 Å². The molecule has 18 heteroatoms. The van der Waals surface area contributed by atoms with Gasteiger partial charge in [-0.25, -0.2) is 8.96 Å². The van der Waals surface area contributed by atoms with Crippen molar-refractivity contribution in [3.8, 4) is 0 Å². The summed E-state index contributed by atoms with van der Waals surface area (Å²) in [4.78, 5) is 48.2. The van der Waals surface area contributed by atoms with Crippen LogP contribution in [0.15, 0.2) is 34.3 Å². The van der Waals surface area contributed by atoms with Crippen LogP contribution >= 0.6 is 34.6 Å². The van der Waals surface area contributed by atoms with Gasteiger partial charge in [-0.05, 0) is 0 Å². The molecule has 2 atom stereocenters. The van der Waals surface area contributed by atoms with Crippen molar-refractivity contribution < 1.29 is 38.0 Å². The summed E-state index contributed by atoms with van der Waals surface area (Å²) >= 11 is 3.60. The van der Waals surface area contributed by atoms with E-state index < -0.39 is 41.8 Å². The molecule has 0 radical (unpaired) electrons. The van der Waals surface area contributed by atoms with E-state index in [0.717, 1.165) is 27.0 Å². The molecule has 200 valence electrons. The number of hydrogen-bond donors (Lipinski definition) is 2. The number of carboxylic acid groups (broad SMARTS) is 1. The molecule has 1 fully saturated rings. The first kappa shape index (κ1) is 26.0. The van der Waals surface area contributed by atoms with Crippen LogP contribution in [0.25, 0.3) is 4.83 Å². The maximum absolute atomic E-state index is 13.0. The van der Waals surface area contributed by atoms with Crippen LogP contribution in [0.4, 0.5) is 9.52 Å². The van der Waals surface area contributed by atoms with E-state index in [1.807, 2.05) is 26.9 Å².